The summed E-state index contributed by atoms with van der Waals surface area (Å²) in [4.78, 5) is 8.63. The second-order valence-electron chi connectivity index (χ2n) is 7.88. The molecule has 0 atom stereocenters. The van der Waals surface area contributed by atoms with Crippen LogP contribution in [0.25, 0.3) is 33.3 Å². The molecule has 2 aromatic heterocycles. The summed E-state index contributed by atoms with van der Waals surface area (Å²) in [6.45, 7) is 0.603. The maximum Gasteiger partial charge on any atom is 0.0778 e. The van der Waals surface area contributed by atoms with E-state index in [0.717, 1.165) is 33.8 Å². The van der Waals surface area contributed by atoms with Gasteiger partial charge >= 0.3 is 0 Å². The number of pyridine rings is 2. The first kappa shape index (κ1) is 29.5. The van der Waals surface area contributed by atoms with Gasteiger partial charge in [-0.15, -0.1) is 71.8 Å². The van der Waals surface area contributed by atoms with E-state index in [1.165, 1.54) is 10.8 Å². The zero-order valence-corrected chi connectivity index (χ0v) is 25.7. The van der Waals surface area contributed by atoms with Crippen LogP contribution in [0.5, 0.6) is 5.75 Å². The van der Waals surface area contributed by atoms with E-state index in [-0.39, 0.29) is 52.8 Å². The van der Waals surface area contributed by atoms with Crippen molar-refractivity contribution < 1.29 is 57.6 Å². The van der Waals surface area contributed by atoms with Gasteiger partial charge in [-0.05, 0) is 22.5 Å². The van der Waals surface area contributed by atoms with Gasteiger partial charge in [0.1, 0.15) is 0 Å². The molecule has 0 N–H and O–H groups in total. The fraction of sp³-hybridized carbons (Fsp3) is 0.0303. The van der Waals surface area contributed by atoms with Crippen molar-refractivity contribution in [2.75, 3.05) is 0 Å². The molecule has 3 heterocycles. The van der Waals surface area contributed by atoms with E-state index in [1.54, 1.807) is 6.07 Å². The van der Waals surface area contributed by atoms with Gasteiger partial charge < -0.3 is 14.7 Å². The van der Waals surface area contributed by atoms with Gasteiger partial charge in [-0.1, -0.05) is 36.0 Å². The third-order valence-electron chi connectivity index (χ3n) is 5.53. The first-order valence-electron chi connectivity index (χ1n) is 11.6. The minimum absolute atomic E-state index is 0. The molecule has 1 aliphatic rings. The number of aromatic nitrogens is 2. The van der Waals surface area contributed by atoms with Crippen molar-refractivity contribution in [1.82, 2.24) is 9.97 Å². The predicted molar refractivity (Wildman–Crippen MR) is 143 cm³/mol. The maximum absolute atomic E-state index is 5.55. The molecule has 0 aliphatic carbocycles. The van der Waals surface area contributed by atoms with Crippen LogP contribution in [0.15, 0.2) is 121 Å². The summed E-state index contributed by atoms with van der Waals surface area (Å²) < 4.78 is 5.55. The Morgan fingerprint density at radius 1 is 0.684 bits per heavy atom. The second-order valence-corrected chi connectivity index (χ2v) is 7.88. The molecule has 0 fully saturated rings. The van der Waals surface area contributed by atoms with E-state index in [0.29, 0.717) is 6.61 Å². The van der Waals surface area contributed by atoms with Crippen LogP contribution in [0.1, 0.15) is 5.56 Å². The minimum Gasteiger partial charge on any atom is -0.518 e. The molecule has 0 saturated heterocycles. The number of benzene rings is 4. The fourth-order valence-corrected chi connectivity index (χ4v) is 3.83. The van der Waals surface area contributed by atoms with Crippen molar-refractivity contribution in [3.63, 3.8) is 0 Å². The quantitative estimate of drug-likeness (QED) is 0.165. The molecule has 6 aromatic rings. The number of ether oxygens (including phenoxy) is 1. The number of rotatable bonds is 1. The molecule has 38 heavy (non-hydrogen) atoms. The predicted octanol–water partition coefficient (Wildman–Crippen LogP) is 7.43. The Kier molecular flexibility index (Phi) is 12.0. The Bertz CT molecular complexity index is 1470. The fourth-order valence-electron chi connectivity index (χ4n) is 3.83. The van der Waals surface area contributed by atoms with Crippen molar-refractivity contribution in [2.24, 2.45) is 0 Å². The Labute approximate surface area is 262 Å². The number of fused-ring (bicyclic) bond motifs is 4. The molecule has 4 aromatic carbocycles. The molecule has 5 heteroatoms. The average molecular weight is 744 g/mol. The summed E-state index contributed by atoms with van der Waals surface area (Å²) in [6, 6.07) is 46.7. The molecule has 0 saturated carbocycles. The molecule has 186 valence electrons. The Balaban J connectivity index is 0.000000167. The van der Waals surface area contributed by atoms with Crippen LogP contribution in [0.2, 0.25) is 0 Å². The van der Waals surface area contributed by atoms with Crippen LogP contribution in [-0.2, 0) is 59.4 Å². The molecule has 0 spiro atoms. The van der Waals surface area contributed by atoms with Gasteiger partial charge in [0.05, 0.1) is 6.61 Å². The Morgan fingerprint density at radius 2 is 1.47 bits per heavy atom. The first-order chi connectivity index (χ1) is 17.9. The summed E-state index contributed by atoms with van der Waals surface area (Å²) in [6.07, 6.45) is 4.66. The SMILES string of the molecule is [Ir].[Y].[c-]1ccc2c(n1)-c1[c-]cccc1CO2.[c-]1ccccc1.[c-]1ccccc1-c1nccc2ccccc12. The van der Waals surface area contributed by atoms with Gasteiger partial charge in [0, 0.05) is 70.5 Å². The summed E-state index contributed by atoms with van der Waals surface area (Å²) in [5, 5.41) is 2.39. The third kappa shape index (κ3) is 7.52. The van der Waals surface area contributed by atoms with E-state index < -0.39 is 0 Å². The molecule has 1 aliphatic heterocycles. The molecule has 0 unspecified atom stereocenters. The van der Waals surface area contributed by atoms with Gasteiger partial charge in [-0.3, -0.25) is 0 Å². The second kappa shape index (κ2) is 15.4. The molecule has 7 rings (SSSR count). The van der Waals surface area contributed by atoms with Crippen molar-refractivity contribution in [1.29, 1.82) is 0 Å². The average Bonchev–Trinajstić information content (AvgIpc) is 2.99. The van der Waals surface area contributed by atoms with Crippen LogP contribution in [0.4, 0.5) is 0 Å². The molecule has 3 nitrogen and oxygen atoms in total. The number of hydrogen-bond donors (Lipinski definition) is 0. The van der Waals surface area contributed by atoms with Crippen LogP contribution >= 0.6 is 0 Å². The molecule has 0 amide bonds. The van der Waals surface area contributed by atoms with Crippen molar-refractivity contribution in [3.05, 3.63) is 151 Å². The zero-order valence-electron chi connectivity index (χ0n) is 20.5. The van der Waals surface area contributed by atoms with E-state index >= 15 is 0 Å². The Morgan fingerprint density at radius 3 is 2.24 bits per heavy atom. The van der Waals surface area contributed by atoms with Gasteiger partial charge in [0.15, 0.2) is 0 Å². The summed E-state index contributed by atoms with van der Waals surface area (Å²) in [5.41, 5.74) is 5.05. The van der Waals surface area contributed by atoms with Gasteiger partial charge in [0.2, 0.25) is 0 Å². The topological polar surface area (TPSA) is 35.0 Å². The van der Waals surface area contributed by atoms with Crippen LogP contribution in [0.3, 0.4) is 0 Å². The molecular weight excluding hydrogens is 721 g/mol. The van der Waals surface area contributed by atoms with Crippen LogP contribution < -0.4 is 4.74 Å². The zero-order chi connectivity index (χ0) is 24.4. The normalized spacial score (nSPS) is 10.3. The summed E-state index contributed by atoms with van der Waals surface area (Å²) in [7, 11) is 0. The summed E-state index contributed by atoms with van der Waals surface area (Å²) >= 11 is 0. The van der Waals surface area contributed by atoms with E-state index in [9.17, 15) is 0 Å². The van der Waals surface area contributed by atoms with Gasteiger partial charge in [-0.25, -0.2) is 0 Å². The first-order valence-corrected chi connectivity index (χ1v) is 11.6. The van der Waals surface area contributed by atoms with Crippen molar-refractivity contribution >= 4 is 10.8 Å². The monoisotopic (exact) mass is 744 g/mol. The van der Waals surface area contributed by atoms with E-state index in [1.807, 2.05) is 103 Å². The van der Waals surface area contributed by atoms with Crippen LogP contribution in [-0.4, -0.2) is 9.97 Å². The molecular formula is C33H22IrN2OY-4. The summed E-state index contributed by atoms with van der Waals surface area (Å²) in [5.74, 6) is 0.818. The molecule has 0 bridgehead atoms. The van der Waals surface area contributed by atoms with Gasteiger partial charge in [0.25, 0.3) is 0 Å². The van der Waals surface area contributed by atoms with E-state index in [2.05, 4.69) is 46.5 Å². The van der Waals surface area contributed by atoms with Gasteiger partial charge in [-0.2, -0.15) is 42.5 Å². The number of hydrogen-bond acceptors (Lipinski definition) is 3. The smallest absolute Gasteiger partial charge is 0.0778 e. The van der Waals surface area contributed by atoms with E-state index in [4.69, 9.17) is 4.74 Å². The third-order valence-corrected chi connectivity index (χ3v) is 5.53. The van der Waals surface area contributed by atoms with Crippen molar-refractivity contribution in [3.8, 4) is 28.3 Å². The van der Waals surface area contributed by atoms with Crippen molar-refractivity contribution in [2.45, 2.75) is 6.61 Å². The molecule has 2 radical (unpaired) electrons. The largest absolute Gasteiger partial charge is 0.518 e. The minimum atomic E-state index is 0. The maximum atomic E-state index is 5.55. The number of nitrogens with zero attached hydrogens (tertiary/aromatic N) is 2. The Hall–Kier alpha value is -3.01. The van der Waals surface area contributed by atoms with Crippen LogP contribution in [0, 0.1) is 24.4 Å². The standard InChI is InChI=1S/C15H10N.C12H7NO.C6H5.Ir.Y/c1-2-7-13(8-3-1)15-14-9-5-4-6-12(14)10-11-16-15;1-2-5-10-9(4-1)8-14-11-6-3-7-13-12(10)11;1-2-4-6-5-3-1;;/h1-7,9-11H;1-4,6H,8H2;1-5H;;/q-1;-2;-1;;.